The van der Waals surface area contributed by atoms with Crippen LogP contribution in [0.1, 0.15) is 32.8 Å². The van der Waals surface area contributed by atoms with Crippen molar-refractivity contribution in [1.82, 2.24) is 5.32 Å². The van der Waals surface area contributed by atoms with Crippen molar-refractivity contribution in [2.24, 2.45) is 5.41 Å². The molecule has 0 fully saturated rings. The molecule has 0 spiro atoms. The van der Waals surface area contributed by atoms with Crippen molar-refractivity contribution in [3.05, 3.63) is 29.8 Å². The Morgan fingerprint density at radius 2 is 2.00 bits per heavy atom. The van der Waals surface area contributed by atoms with Gasteiger partial charge in [-0.25, -0.2) is 0 Å². The third-order valence-electron chi connectivity index (χ3n) is 2.29. The molecule has 84 valence electrons. The van der Waals surface area contributed by atoms with Crippen molar-refractivity contribution in [1.29, 1.82) is 0 Å². The molecule has 0 atom stereocenters. The van der Waals surface area contributed by atoms with Crippen molar-refractivity contribution in [2.45, 2.75) is 33.7 Å². The normalized spacial score (nSPS) is 11.7. The van der Waals surface area contributed by atoms with Crippen molar-refractivity contribution in [2.75, 3.05) is 6.54 Å². The molecule has 0 saturated heterocycles. The average molecular weight is 207 g/mol. The maximum absolute atomic E-state index is 9.27. The smallest absolute Gasteiger partial charge is 0.115 e. The van der Waals surface area contributed by atoms with Crippen LogP contribution in [0.15, 0.2) is 24.3 Å². The SMILES string of the molecule is CC(C)(C)CCNCc1cccc(O)c1. The summed E-state index contributed by atoms with van der Waals surface area (Å²) >= 11 is 0. The van der Waals surface area contributed by atoms with Gasteiger partial charge in [0.2, 0.25) is 0 Å². The van der Waals surface area contributed by atoms with Gasteiger partial charge in [0, 0.05) is 6.54 Å². The molecule has 1 aromatic carbocycles. The summed E-state index contributed by atoms with van der Waals surface area (Å²) in [5.74, 6) is 0.338. The van der Waals surface area contributed by atoms with Gasteiger partial charge in [-0.3, -0.25) is 0 Å². The van der Waals surface area contributed by atoms with Crippen LogP contribution in [-0.4, -0.2) is 11.7 Å². The highest BCUT2D eigenvalue weighted by atomic mass is 16.3. The van der Waals surface area contributed by atoms with E-state index in [1.165, 1.54) is 0 Å². The van der Waals surface area contributed by atoms with Crippen LogP contribution < -0.4 is 5.32 Å². The van der Waals surface area contributed by atoms with Crippen LogP contribution in [0.2, 0.25) is 0 Å². The molecule has 0 saturated carbocycles. The minimum absolute atomic E-state index is 0.338. The molecule has 0 amide bonds. The number of rotatable bonds is 4. The Morgan fingerprint density at radius 1 is 1.27 bits per heavy atom. The van der Waals surface area contributed by atoms with Crippen molar-refractivity contribution >= 4 is 0 Å². The number of phenols is 1. The minimum Gasteiger partial charge on any atom is -0.508 e. The monoisotopic (exact) mass is 207 g/mol. The van der Waals surface area contributed by atoms with E-state index in [1.54, 1.807) is 12.1 Å². The van der Waals surface area contributed by atoms with Crippen molar-refractivity contribution in [3.63, 3.8) is 0 Å². The lowest BCUT2D eigenvalue weighted by Gasteiger charge is -2.18. The van der Waals surface area contributed by atoms with E-state index in [0.29, 0.717) is 11.2 Å². The van der Waals surface area contributed by atoms with Crippen LogP contribution in [0.3, 0.4) is 0 Å². The van der Waals surface area contributed by atoms with E-state index >= 15 is 0 Å². The number of benzene rings is 1. The molecular weight excluding hydrogens is 186 g/mol. The first-order chi connectivity index (χ1) is 6.97. The third-order valence-corrected chi connectivity index (χ3v) is 2.29. The lowest BCUT2D eigenvalue weighted by molar-refractivity contribution is 0.366. The van der Waals surface area contributed by atoms with E-state index in [-0.39, 0.29) is 0 Å². The highest BCUT2D eigenvalue weighted by Crippen LogP contribution is 2.17. The second-order valence-electron chi connectivity index (χ2n) is 5.16. The van der Waals surface area contributed by atoms with Gasteiger partial charge in [0.15, 0.2) is 0 Å². The van der Waals surface area contributed by atoms with Crippen LogP contribution in [0.25, 0.3) is 0 Å². The molecule has 0 aliphatic rings. The maximum atomic E-state index is 9.27. The summed E-state index contributed by atoms with van der Waals surface area (Å²) in [5, 5.41) is 12.6. The Balaban J connectivity index is 2.26. The van der Waals surface area contributed by atoms with Crippen LogP contribution in [0, 0.1) is 5.41 Å². The molecule has 0 unspecified atom stereocenters. The van der Waals surface area contributed by atoms with E-state index in [2.05, 4.69) is 26.1 Å². The number of phenolic OH excluding ortho intramolecular Hbond substituents is 1. The van der Waals surface area contributed by atoms with Gasteiger partial charge in [0.25, 0.3) is 0 Å². The fourth-order valence-corrected chi connectivity index (χ4v) is 1.36. The molecule has 0 bridgehead atoms. The summed E-state index contributed by atoms with van der Waals surface area (Å²) in [4.78, 5) is 0. The van der Waals surface area contributed by atoms with Gasteiger partial charge in [0.1, 0.15) is 5.75 Å². The first kappa shape index (κ1) is 12.1. The molecule has 1 rings (SSSR count). The molecule has 2 nitrogen and oxygen atoms in total. The van der Waals surface area contributed by atoms with Crippen molar-refractivity contribution < 1.29 is 5.11 Å². The second kappa shape index (κ2) is 5.17. The van der Waals surface area contributed by atoms with E-state index in [0.717, 1.165) is 25.1 Å². The van der Waals surface area contributed by atoms with Gasteiger partial charge < -0.3 is 10.4 Å². The largest absolute Gasteiger partial charge is 0.508 e. The summed E-state index contributed by atoms with van der Waals surface area (Å²) < 4.78 is 0. The molecule has 0 aromatic heterocycles. The van der Waals surface area contributed by atoms with Crippen LogP contribution in [-0.2, 0) is 6.54 Å². The lowest BCUT2D eigenvalue weighted by atomic mass is 9.92. The van der Waals surface area contributed by atoms with Gasteiger partial charge in [0.05, 0.1) is 0 Å². The lowest BCUT2D eigenvalue weighted by Crippen LogP contribution is -2.20. The zero-order valence-electron chi connectivity index (χ0n) is 9.88. The van der Waals surface area contributed by atoms with Gasteiger partial charge in [-0.2, -0.15) is 0 Å². The zero-order valence-corrected chi connectivity index (χ0v) is 9.88. The molecule has 0 aliphatic carbocycles. The van der Waals surface area contributed by atoms with Gasteiger partial charge >= 0.3 is 0 Å². The summed E-state index contributed by atoms with van der Waals surface area (Å²) in [5.41, 5.74) is 1.51. The van der Waals surface area contributed by atoms with E-state index in [9.17, 15) is 5.11 Å². The van der Waals surface area contributed by atoms with E-state index in [4.69, 9.17) is 0 Å². The fraction of sp³-hybridized carbons (Fsp3) is 0.538. The van der Waals surface area contributed by atoms with Crippen LogP contribution >= 0.6 is 0 Å². The molecule has 0 heterocycles. The maximum Gasteiger partial charge on any atom is 0.115 e. The molecule has 0 aliphatic heterocycles. The van der Waals surface area contributed by atoms with Gasteiger partial charge in [-0.15, -0.1) is 0 Å². The first-order valence-corrected chi connectivity index (χ1v) is 5.46. The first-order valence-electron chi connectivity index (χ1n) is 5.46. The summed E-state index contributed by atoms with van der Waals surface area (Å²) in [6, 6.07) is 7.38. The molecule has 0 radical (unpaired) electrons. The minimum atomic E-state index is 0.338. The van der Waals surface area contributed by atoms with E-state index in [1.807, 2.05) is 12.1 Å². The molecule has 1 aromatic rings. The quantitative estimate of drug-likeness (QED) is 0.744. The van der Waals surface area contributed by atoms with Crippen molar-refractivity contribution in [3.8, 4) is 5.75 Å². The molecule has 2 N–H and O–H groups in total. The van der Waals surface area contributed by atoms with E-state index < -0.39 is 0 Å². The highest BCUT2D eigenvalue weighted by molar-refractivity contribution is 5.26. The topological polar surface area (TPSA) is 32.3 Å². The molecule has 15 heavy (non-hydrogen) atoms. The predicted molar refractivity (Wildman–Crippen MR) is 63.9 cm³/mol. The number of nitrogens with one attached hydrogen (secondary N) is 1. The standard InChI is InChI=1S/C13H21NO/c1-13(2,3)7-8-14-10-11-5-4-6-12(15)9-11/h4-6,9,14-15H,7-8,10H2,1-3H3. The van der Waals surface area contributed by atoms with Crippen LogP contribution in [0.4, 0.5) is 0 Å². The highest BCUT2D eigenvalue weighted by Gasteiger charge is 2.08. The average Bonchev–Trinajstić information content (AvgIpc) is 2.11. The molecular formula is C13H21NO. The summed E-state index contributed by atoms with van der Waals surface area (Å²) in [6.07, 6.45) is 1.16. The number of hydrogen-bond donors (Lipinski definition) is 2. The summed E-state index contributed by atoms with van der Waals surface area (Å²) in [6.45, 7) is 8.55. The van der Waals surface area contributed by atoms with Gasteiger partial charge in [-0.1, -0.05) is 32.9 Å². The zero-order chi connectivity index (χ0) is 11.3. The number of hydrogen-bond acceptors (Lipinski definition) is 2. The van der Waals surface area contributed by atoms with Crippen LogP contribution in [0.5, 0.6) is 5.75 Å². The summed E-state index contributed by atoms with van der Waals surface area (Å²) in [7, 11) is 0. The Bertz CT molecular complexity index is 302. The Labute approximate surface area is 92.3 Å². The Hall–Kier alpha value is -1.02. The van der Waals surface area contributed by atoms with Gasteiger partial charge in [-0.05, 0) is 36.1 Å². The third kappa shape index (κ3) is 5.43. The number of aromatic hydroxyl groups is 1. The fourth-order valence-electron chi connectivity index (χ4n) is 1.36. The predicted octanol–water partition coefficient (Wildman–Crippen LogP) is 2.92. The second-order valence-corrected chi connectivity index (χ2v) is 5.16. The molecule has 2 heteroatoms. The Kier molecular flexibility index (Phi) is 4.15. The Morgan fingerprint density at radius 3 is 2.60 bits per heavy atom.